The van der Waals surface area contributed by atoms with Crippen molar-refractivity contribution in [3.63, 3.8) is 0 Å². The maximum absolute atomic E-state index is 11.8. The second kappa shape index (κ2) is 5.57. The second-order valence-corrected chi connectivity index (χ2v) is 8.48. The van der Waals surface area contributed by atoms with Crippen molar-refractivity contribution in [2.45, 2.75) is 20.4 Å². The summed E-state index contributed by atoms with van der Waals surface area (Å²) in [4.78, 5) is 11.8. The van der Waals surface area contributed by atoms with Gasteiger partial charge in [-0.15, -0.1) is 0 Å². The Kier molecular flexibility index (Phi) is 4.58. The fourth-order valence-electron chi connectivity index (χ4n) is 1.62. The van der Waals surface area contributed by atoms with E-state index in [1.807, 2.05) is 12.2 Å². The molecule has 0 saturated carbocycles. The first-order valence-corrected chi connectivity index (χ1v) is 8.59. The Morgan fingerprint density at radius 1 is 1.33 bits per heavy atom. The summed E-state index contributed by atoms with van der Waals surface area (Å²) in [5, 5.41) is 9.62. The summed E-state index contributed by atoms with van der Waals surface area (Å²) in [7, 11) is -2.04. The quantitative estimate of drug-likeness (QED) is 0.674. The number of rotatable bonds is 4. The Labute approximate surface area is 107 Å². The highest BCUT2D eigenvalue weighted by molar-refractivity contribution is 7.62. The summed E-state index contributed by atoms with van der Waals surface area (Å²) < 4.78 is 13.0. The van der Waals surface area contributed by atoms with Gasteiger partial charge in [0.25, 0.3) is 5.56 Å². The van der Waals surface area contributed by atoms with Crippen LogP contribution in [-0.4, -0.2) is 29.2 Å². The molecule has 100 valence electrons. The lowest BCUT2D eigenvalue weighted by atomic mass is 10.2. The largest absolute Gasteiger partial charge is 0.507 e. The van der Waals surface area contributed by atoms with Gasteiger partial charge in [0.2, 0.25) is 0 Å². The minimum Gasteiger partial charge on any atom is -0.507 e. The van der Waals surface area contributed by atoms with Crippen molar-refractivity contribution in [2.24, 2.45) is 0 Å². The third kappa shape index (κ3) is 3.88. The van der Waals surface area contributed by atoms with E-state index in [1.165, 1.54) is 4.57 Å². The Hall–Kier alpha value is -1.28. The SMILES string of the molecule is Cc1cn(C/C=C/CP(C)(C)=O)c(=O)c(C)c1O. The van der Waals surface area contributed by atoms with Crippen molar-refractivity contribution in [2.75, 3.05) is 19.5 Å². The second-order valence-electron chi connectivity index (χ2n) is 4.97. The van der Waals surface area contributed by atoms with Gasteiger partial charge in [-0.2, -0.15) is 0 Å². The minimum absolute atomic E-state index is 0.0619. The first-order chi connectivity index (χ1) is 8.22. The van der Waals surface area contributed by atoms with E-state index in [0.717, 1.165) is 0 Å². The van der Waals surface area contributed by atoms with Crippen LogP contribution in [0.4, 0.5) is 0 Å². The van der Waals surface area contributed by atoms with Gasteiger partial charge < -0.3 is 14.2 Å². The van der Waals surface area contributed by atoms with Crippen molar-refractivity contribution in [1.82, 2.24) is 4.57 Å². The van der Waals surface area contributed by atoms with Gasteiger partial charge in [-0.25, -0.2) is 0 Å². The lowest BCUT2D eigenvalue weighted by molar-refractivity contribution is 0.462. The highest BCUT2D eigenvalue weighted by Gasteiger charge is 2.07. The molecule has 0 saturated heterocycles. The van der Waals surface area contributed by atoms with E-state index >= 15 is 0 Å². The first kappa shape index (κ1) is 14.8. The Bertz CT molecular complexity index is 566. The molecule has 0 aliphatic carbocycles. The lowest BCUT2D eigenvalue weighted by Gasteiger charge is -2.08. The van der Waals surface area contributed by atoms with E-state index in [-0.39, 0.29) is 11.3 Å². The fraction of sp³-hybridized carbons (Fsp3) is 0.462. The Morgan fingerprint density at radius 3 is 2.50 bits per heavy atom. The number of aryl methyl sites for hydroxylation is 1. The smallest absolute Gasteiger partial charge is 0.257 e. The third-order valence-corrected chi connectivity index (χ3v) is 3.76. The van der Waals surface area contributed by atoms with Gasteiger partial charge in [-0.3, -0.25) is 4.79 Å². The zero-order chi connectivity index (χ0) is 13.9. The molecular weight excluding hydrogens is 249 g/mol. The molecule has 1 rings (SSSR count). The van der Waals surface area contributed by atoms with E-state index < -0.39 is 7.14 Å². The van der Waals surface area contributed by atoms with Gasteiger partial charge >= 0.3 is 0 Å². The molecule has 0 bridgehead atoms. The molecule has 4 nitrogen and oxygen atoms in total. The molecule has 0 aliphatic heterocycles. The molecule has 5 heteroatoms. The molecule has 0 unspecified atom stereocenters. The zero-order valence-corrected chi connectivity index (χ0v) is 12.2. The molecule has 18 heavy (non-hydrogen) atoms. The predicted molar refractivity (Wildman–Crippen MR) is 75.3 cm³/mol. The molecule has 1 N–H and O–H groups in total. The van der Waals surface area contributed by atoms with Crippen molar-refractivity contribution in [3.8, 4) is 5.75 Å². The summed E-state index contributed by atoms with van der Waals surface area (Å²) in [5.74, 6) is 0.0619. The van der Waals surface area contributed by atoms with Crippen LogP contribution in [0.25, 0.3) is 0 Å². The number of aromatic hydroxyl groups is 1. The summed E-state index contributed by atoms with van der Waals surface area (Å²) in [6.07, 6.45) is 5.84. The predicted octanol–water partition coefficient (Wildman–Crippen LogP) is 2.35. The van der Waals surface area contributed by atoms with Crippen LogP contribution in [0.15, 0.2) is 23.1 Å². The average Bonchev–Trinajstić information content (AvgIpc) is 2.26. The highest BCUT2D eigenvalue weighted by atomic mass is 31.2. The van der Waals surface area contributed by atoms with Crippen LogP contribution in [0.3, 0.4) is 0 Å². The van der Waals surface area contributed by atoms with Crippen LogP contribution >= 0.6 is 7.14 Å². The van der Waals surface area contributed by atoms with Crippen molar-refractivity contribution in [3.05, 3.63) is 39.8 Å². The number of pyridine rings is 1. The highest BCUT2D eigenvalue weighted by Crippen LogP contribution is 2.35. The topological polar surface area (TPSA) is 59.3 Å². The van der Waals surface area contributed by atoms with Crippen LogP contribution in [0.5, 0.6) is 5.75 Å². The zero-order valence-electron chi connectivity index (χ0n) is 11.3. The number of nitrogens with zero attached hydrogens (tertiary/aromatic N) is 1. The van der Waals surface area contributed by atoms with Gasteiger partial charge in [0, 0.05) is 24.5 Å². The molecule has 1 aromatic heterocycles. The maximum Gasteiger partial charge on any atom is 0.257 e. The summed E-state index contributed by atoms with van der Waals surface area (Å²) in [6.45, 7) is 7.27. The number of hydrogen-bond acceptors (Lipinski definition) is 3. The molecule has 0 radical (unpaired) electrons. The molecule has 0 atom stereocenters. The minimum atomic E-state index is -2.04. The molecule has 1 heterocycles. The van der Waals surface area contributed by atoms with E-state index in [1.54, 1.807) is 33.4 Å². The molecule has 0 aliphatic rings. The van der Waals surface area contributed by atoms with Crippen molar-refractivity contribution in [1.29, 1.82) is 0 Å². The molecule has 0 spiro atoms. The van der Waals surface area contributed by atoms with Crippen LogP contribution in [-0.2, 0) is 11.1 Å². The normalized spacial score (nSPS) is 12.2. The van der Waals surface area contributed by atoms with E-state index in [9.17, 15) is 14.5 Å². The van der Waals surface area contributed by atoms with Gasteiger partial charge in [0.15, 0.2) is 0 Å². The van der Waals surface area contributed by atoms with Crippen molar-refractivity contribution < 1.29 is 9.67 Å². The number of hydrogen-bond donors (Lipinski definition) is 1. The van der Waals surface area contributed by atoms with Crippen molar-refractivity contribution >= 4 is 7.14 Å². The number of aromatic nitrogens is 1. The van der Waals surface area contributed by atoms with E-state index in [4.69, 9.17) is 0 Å². The molecule has 0 aromatic carbocycles. The summed E-state index contributed by atoms with van der Waals surface area (Å²) in [5.41, 5.74) is 0.844. The van der Waals surface area contributed by atoms with Crippen LogP contribution in [0.1, 0.15) is 11.1 Å². The van der Waals surface area contributed by atoms with Gasteiger partial charge in [0.05, 0.1) is 12.7 Å². The van der Waals surface area contributed by atoms with Crippen LogP contribution in [0.2, 0.25) is 0 Å². The van der Waals surface area contributed by atoms with Gasteiger partial charge in [-0.05, 0) is 27.2 Å². The number of allylic oxidation sites excluding steroid dienone is 2. The Morgan fingerprint density at radius 2 is 1.94 bits per heavy atom. The monoisotopic (exact) mass is 269 g/mol. The van der Waals surface area contributed by atoms with Gasteiger partial charge in [-0.1, -0.05) is 12.2 Å². The average molecular weight is 269 g/mol. The fourth-order valence-corrected chi connectivity index (χ4v) is 2.27. The van der Waals surface area contributed by atoms with E-state index in [0.29, 0.717) is 23.8 Å². The molecule has 0 fully saturated rings. The first-order valence-electron chi connectivity index (χ1n) is 5.81. The molecule has 0 amide bonds. The van der Waals surface area contributed by atoms with E-state index in [2.05, 4.69) is 0 Å². The van der Waals surface area contributed by atoms with Crippen LogP contribution in [0, 0.1) is 13.8 Å². The van der Waals surface area contributed by atoms with Gasteiger partial charge in [0.1, 0.15) is 5.75 Å². The van der Waals surface area contributed by atoms with Crippen LogP contribution < -0.4 is 5.56 Å². The molecule has 1 aromatic rings. The Balaban J connectivity index is 2.87. The molecular formula is C13H20NO3P. The summed E-state index contributed by atoms with van der Waals surface area (Å²) >= 11 is 0. The lowest BCUT2D eigenvalue weighted by Crippen LogP contribution is -2.21. The summed E-state index contributed by atoms with van der Waals surface area (Å²) in [6, 6.07) is 0. The third-order valence-electron chi connectivity index (χ3n) is 2.67. The standard InChI is InChI=1S/C13H20NO3P/c1-10-9-14(13(16)11(2)12(10)15)7-5-6-8-18(3,4)17/h5-6,9,15H,7-8H2,1-4H3/b6-5+. The maximum atomic E-state index is 11.8.